The van der Waals surface area contributed by atoms with Crippen molar-refractivity contribution < 1.29 is 14.0 Å². The SMILES string of the molecule is CC(C)(C)[Si](C)(C)OCCN(C#N)c1ccc(NC(=O)c2cscc2NC(=O)c2ccc(Cl)s2)cc1. The molecule has 2 heterocycles. The van der Waals surface area contributed by atoms with Crippen LogP contribution < -0.4 is 15.5 Å². The molecule has 0 fully saturated rings. The molecular formula is C25H29ClN4O3S2Si. The summed E-state index contributed by atoms with van der Waals surface area (Å²) in [5.74, 6) is -0.666. The highest BCUT2D eigenvalue weighted by molar-refractivity contribution is 7.18. The van der Waals surface area contributed by atoms with Crippen molar-refractivity contribution in [2.75, 3.05) is 28.7 Å². The number of hydrogen-bond donors (Lipinski definition) is 2. The van der Waals surface area contributed by atoms with Crippen LogP contribution in [0, 0.1) is 11.5 Å². The summed E-state index contributed by atoms with van der Waals surface area (Å²) in [7, 11) is -1.89. The monoisotopic (exact) mass is 560 g/mol. The Balaban J connectivity index is 1.60. The van der Waals surface area contributed by atoms with Gasteiger partial charge in [-0.25, -0.2) is 0 Å². The molecule has 0 unspecified atom stereocenters. The summed E-state index contributed by atoms with van der Waals surface area (Å²) < 4.78 is 6.71. The predicted octanol–water partition coefficient (Wildman–Crippen LogP) is 7.28. The fourth-order valence-corrected chi connectivity index (χ4v) is 5.69. The molecule has 3 rings (SSSR count). The maximum Gasteiger partial charge on any atom is 0.265 e. The van der Waals surface area contributed by atoms with Gasteiger partial charge in [0.2, 0.25) is 0 Å². The highest BCUT2D eigenvalue weighted by atomic mass is 35.5. The number of carbonyl (C=O) groups excluding carboxylic acids is 2. The molecule has 2 N–H and O–H groups in total. The average Bonchev–Trinajstić information content (AvgIpc) is 3.45. The van der Waals surface area contributed by atoms with E-state index in [1.165, 1.54) is 22.7 Å². The van der Waals surface area contributed by atoms with Gasteiger partial charge in [0, 0.05) is 16.4 Å². The van der Waals surface area contributed by atoms with Crippen LogP contribution in [0.5, 0.6) is 0 Å². The summed E-state index contributed by atoms with van der Waals surface area (Å²) in [6.45, 7) is 11.8. The van der Waals surface area contributed by atoms with Gasteiger partial charge >= 0.3 is 0 Å². The number of halogens is 1. The second-order valence-corrected chi connectivity index (χ2v) is 16.9. The fraction of sp³-hybridized carbons (Fsp3) is 0.320. The first-order valence-corrected chi connectivity index (χ1v) is 16.3. The summed E-state index contributed by atoms with van der Waals surface area (Å²) in [4.78, 5) is 27.3. The Morgan fingerprint density at radius 1 is 1.08 bits per heavy atom. The minimum Gasteiger partial charge on any atom is -0.415 e. The zero-order valence-electron chi connectivity index (χ0n) is 20.8. The molecule has 0 bridgehead atoms. The first kappa shape index (κ1) is 27.9. The first-order chi connectivity index (χ1) is 16.9. The normalized spacial score (nSPS) is 11.6. The van der Waals surface area contributed by atoms with Crippen molar-refractivity contribution in [2.24, 2.45) is 0 Å². The fourth-order valence-electron chi connectivity index (χ4n) is 2.96. The van der Waals surface area contributed by atoms with Gasteiger partial charge in [-0.1, -0.05) is 32.4 Å². The molecule has 0 spiro atoms. The number of nitriles is 1. The molecule has 0 saturated carbocycles. The highest BCUT2D eigenvalue weighted by Gasteiger charge is 2.37. The molecule has 0 aliphatic rings. The van der Waals surface area contributed by atoms with Crippen LogP contribution in [0.4, 0.5) is 17.1 Å². The first-order valence-electron chi connectivity index (χ1n) is 11.3. The highest BCUT2D eigenvalue weighted by Crippen LogP contribution is 2.36. The molecule has 0 radical (unpaired) electrons. The average molecular weight is 561 g/mol. The van der Waals surface area contributed by atoms with Gasteiger partial charge in [-0.15, -0.1) is 22.7 Å². The van der Waals surface area contributed by atoms with Crippen LogP contribution in [0.15, 0.2) is 47.2 Å². The van der Waals surface area contributed by atoms with Gasteiger partial charge in [0.1, 0.15) is 0 Å². The van der Waals surface area contributed by atoms with Crippen LogP contribution in [-0.2, 0) is 4.43 Å². The quantitative estimate of drug-likeness (QED) is 0.163. The van der Waals surface area contributed by atoms with Crippen LogP contribution in [0.25, 0.3) is 0 Å². The molecule has 190 valence electrons. The molecule has 3 aromatic rings. The Hall–Kier alpha value is -2.68. The minimum atomic E-state index is -1.89. The molecule has 11 heteroatoms. The molecule has 0 atom stereocenters. The van der Waals surface area contributed by atoms with E-state index in [2.05, 4.69) is 50.7 Å². The number of hydrogen-bond acceptors (Lipinski definition) is 7. The van der Waals surface area contributed by atoms with Gasteiger partial charge in [-0.3, -0.25) is 14.5 Å². The molecule has 0 aliphatic carbocycles. The summed E-state index contributed by atoms with van der Waals surface area (Å²) in [5, 5.41) is 18.7. The summed E-state index contributed by atoms with van der Waals surface area (Å²) in [6.07, 6.45) is 2.20. The molecule has 2 aromatic heterocycles. The molecule has 2 amide bonds. The van der Waals surface area contributed by atoms with E-state index in [1.807, 2.05) is 0 Å². The minimum absolute atomic E-state index is 0.104. The van der Waals surface area contributed by atoms with Crippen LogP contribution in [-0.4, -0.2) is 33.3 Å². The lowest BCUT2D eigenvalue weighted by molar-refractivity contribution is 0.102. The van der Waals surface area contributed by atoms with Crippen LogP contribution in [0.3, 0.4) is 0 Å². The van der Waals surface area contributed by atoms with Crippen molar-refractivity contribution in [3.05, 3.63) is 61.9 Å². The van der Waals surface area contributed by atoms with Crippen LogP contribution in [0.2, 0.25) is 22.5 Å². The van der Waals surface area contributed by atoms with E-state index in [9.17, 15) is 14.9 Å². The summed E-state index contributed by atoms with van der Waals surface area (Å²) in [6, 6.07) is 10.3. The van der Waals surface area contributed by atoms with E-state index in [4.69, 9.17) is 16.0 Å². The predicted molar refractivity (Wildman–Crippen MR) is 152 cm³/mol. The molecular weight excluding hydrogens is 532 g/mol. The second kappa shape index (κ2) is 11.6. The van der Waals surface area contributed by atoms with E-state index < -0.39 is 8.32 Å². The number of nitrogens with one attached hydrogen (secondary N) is 2. The van der Waals surface area contributed by atoms with Crippen molar-refractivity contribution in [3.63, 3.8) is 0 Å². The number of carbonyl (C=O) groups is 2. The maximum atomic E-state index is 12.9. The number of rotatable bonds is 9. The maximum absolute atomic E-state index is 12.9. The molecule has 7 nitrogen and oxygen atoms in total. The van der Waals surface area contributed by atoms with Gasteiger partial charge in [-0.05, 0) is 54.5 Å². The van der Waals surface area contributed by atoms with Crippen molar-refractivity contribution >= 4 is 71.5 Å². The molecule has 0 saturated heterocycles. The lowest BCUT2D eigenvalue weighted by atomic mass is 10.2. The van der Waals surface area contributed by atoms with E-state index in [-0.39, 0.29) is 16.9 Å². The third kappa shape index (κ3) is 6.96. The Bertz CT molecular complexity index is 1260. The molecule has 0 aliphatic heterocycles. The summed E-state index contributed by atoms with van der Waals surface area (Å²) in [5.41, 5.74) is 2.09. The number of nitrogens with zero attached hydrogens (tertiary/aromatic N) is 2. The van der Waals surface area contributed by atoms with Crippen molar-refractivity contribution in [3.8, 4) is 6.19 Å². The van der Waals surface area contributed by atoms with Gasteiger partial charge in [0.15, 0.2) is 14.5 Å². The zero-order chi connectivity index (χ0) is 26.5. The van der Waals surface area contributed by atoms with Crippen molar-refractivity contribution in [1.29, 1.82) is 5.26 Å². The summed E-state index contributed by atoms with van der Waals surface area (Å²) >= 11 is 8.40. The number of amides is 2. The zero-order valence-corrected chi connectivity index (χ0v) is 24.2. The van der Waals surface area contributed by atoms with E-state index in [0.29, 0.717) is 45.0 Å². The smallest absolute Gasteiger partial charge is 0.265 e. The second-order valence-electron chi connectivity index (χ2n) is 9.62. The van der Waals surface area contributed by atoms with Crippen molar-refractivity contribution in [1.82, 2.24) is 0 Å². The van der Waals surface area contributed by atoms with Gasteiger partial charge < -0.3 is 15.1 Å². The third-order valence-corrected chi connectivity index (χ3v) is 12.6. The standard InChI is InChI=1S/C25H29ClN4O3S2Si/c1-25(2,3)36(4,5)33-13-12-30(16-27)18-8-6-17(7-9-18)28-23(31)19-14-34-15-20(19)29-24(32)21-10-11-22(26)35-21/h6-11,14-15H,12-13H2,1-5H3,(H,28,31)(H,29,32). The van der Waals surface area contributed by atoms with Crippen LogP contribution >= 0.6 is 34.3 Å². The lowest BCUT2D eigenvalue weighted by Gasteiger charge is -2.36. The van der Waals surface area contributed by atoms with Gasteiger partial charge in [-0.2, -0.15) is 5.26 Å². The number of benzene rings is 1. The van der Waals surface area contributed by atoms with Crippen molar-refractivity contribution in [2.45, 2.75) is 38.9 Å². The molecule has 1 aromatic carbocycles. The Labute approximate surface area is 225 Å². The number of anilines is 3. The Morgan fingerprint density at radius 3 is 2.36 bits per heavy atom. The third-order valence-electron chi connectivity index (χ3n) is 6.09. The van der Waals surface area contributed by atoms with E-state index in [1.54, 1.807) is 52.1 Å². The Kier molecular flexibility index (Phi) is 8.97. The van der Waals surface area contributed by atoms with Gasteiger partial charge in [0.05, 0.1) is 39.3 Å². The van der Waals surface area contributed by atoms with E-state index in [0.717, 1.165) is 0 Å². The topological polar surface area (TPSA) is 94.5 Å². The largest absolute Gasteiger partial charge is 0.415 e. The van der Waals surface area contributed by atoms with Gasteiger partial charge in [0.25, 0.3) is 11.8 Å². The van der Waals surface area contributed by atoms with Crippen LogP contribution in [0.1, 0.15) is 40.8 Å². The Morgan fingerprint density at radius 2 is 1.78 bits per heavy atom. The lowest BCUT2D eigenvalue weighted by Crippen LogP contribution is -2.42. The number of thiophene rings is 2. The van der Waals surface area contributed by atoms with E-state index >= 15 is 0 Å². The molecule has 36 heavy (non-hydrogen) atoms.